The Balaban J connectivity index is 1.40. The second-order valence-corrected chi connectivity index (χ2v) is 6.64. The number of thiophene rings is 1. The molecule has 0 aliphatic heterocycles. The van der Waals surface area contributed by atoms with Crippen LogP contribution in [-0.4, -0.2) is 40.1 Å². The lowest BCUT2D eigenvalue weighted by atomic mass is 10.2. The monoisotopic (exact) mass is 369 g/mol. The summed E-state index contributed by atoms with van der Waals surface area (Å²) in [6.07, 6.45) is 2.24. The fourth-order valence-electron chi connectivity index (χ4n) is 2.37. The van der Waals surface area contributed by atoms with E-state index in [1.807, 2.05) is 24.4 Å². The van der Waals surface area contributed by atoms with E-state index < -0.39 is 0 Å². The molecule has 0 aliphatic carbocycles. The Morgan fingerprint density at radius 3 is 2.69 bits per heavy atom. The number of hydrogen-bond acceptors (Lipinski definition) is 5. The molecule has 0 saturated heterocycles. The molecular weight excluding hydrogens is 350 g/mol. The number of nitrogens with one attached hydrogen (secondary N) is 3. The molecule has 134 valence electrons. The predicted molar refractivity (Wildman–Crippen MR) is 100 cm³/mol. The molecule has 0 unspecified atom stereocenters. The highest BCUT2D eigenvalue weighted by molar-refractivity contribution is 7.13. The van der Waals surface area contributed by atoms with Gasteiger partial charge in [0.15, 0.2) is 5.69 Å². The van der Waals surface area contributed by atoms with Gasteiger partial charge in [-0.1, -0.05) is 6.07 Å². The molecule has 0 saturated carbocycles. The van der Waals surface area contributed by atoms with Gasteiger partial charge in [-0.15, -0.1) is 11.3 Å². The van der Waals surface area contributed by atoms with Crippen molar-refractivity contribution >= 4 is 23.2 Å². The lowest BCUT2D eigenvalue weighted by Crippen LogP contribution is -2.30. The van der Waals surface area contributed by atoms with E-state index in [0.29, 0.717) is 30.8 Å². The number of carbonyl (C=O) groups is 2. The summed E-state index contributed by atoms with van der Waals surface area (Å²) in [6.45, 7) is 2.77. The summed E-state index contributed by atoms with van der Waals surface area (Å²) >= 11 is 1.58. The van der Waals surface area contributed by atoms with Gasteiger partial charge >= 0.3 is 0 Å². The summed E-state index contributed by atoms with van der Waals surface area (Å²) in [7, 11) is 0. The van der Waals surface area contributed by atoms with Gasteiger partial charge in [0, 0.05) is 30.5 Å². The highest BCUT2D eigenvalue weighted by Crippen LogP contribution is 2.22. The summed E-state index contributed by atoms with van der Waals surface area (Å²) in [6, 6.07) is 9.05. The molecular formula is C18H19N5O2S. The zero-order chi connectivity index (χ0) is 18.4. The standard InChI is InChI=1S/C18H19N5O2S/c1-12-10-13(5-8-19-12)17(24)20-6-3-7-21-18(25)15-11-14(22-23-15)16-4-2-9-26-16/h2,4-5,8-11H,3,6-7H2,1H3,(H,20,24)(H,21,25)(H,22,23). The zero-order valence-electron chi connectivity index (χ0n) is 14.3. The minimum atomic E-state index is -0.236. The van der Waals surface area contributed by atoms with Crippen LogP contribution in [0.4, 0.5) is 0 Å². The van der Waals surface area contributed by atoms with Crippen molar-refractivity contribution in [2.75, 3.05) is 13.1 Å². The van der Waals surface area contributed by atoms with Crippen LogP contribution >= 0.6 is 11.3 Å². The molecule has 0 radical (unpaired) electrons. The molecule has 26 heavy (non-hydrogen) atoms. The van der Waals surface area contributed by atoms with E-state index in [1.54, 1.807) is 35.7 Å². The van der Waals surface area contributed by atoms with Gasteiger partial charge in [-0.05, 0) is 43.0 Å². The van der Waals surface area contributed by atoms with Crippen LogP contribution in [-0.2, 0) is 0 Å². The van der Waals surface area contributed by atoms with Crippen LogP contribution in [0, 0.1) is 6.92 Å². The van der Waals surface area contributed by atoms with E-state index in [9.17, 15) is 9.59 Å². The summed E-state index contributed by atoms with van der Waals surface area (Å²) in [5.41, 5.74) is 2.56. The van der Waals surface area contributed by atoms with Gasteiger partial charge in [0.2, 0.25) is 0 Å². The van der Waals surface area contributed by atoms with Gasteiger partial charge in [0.05, 0.1) is 10.6 Å². The predicted octanol–water partition coefficient (Wildman–Crippen LogP) is 2.39. The SMILES string of the molecule is Cc1cc(C(=O)NCCCNC(=O)c2cc(-c3cccs3)[nH]n2)ccn1. The second kappa shape index (κ2) is 8.39. The molecule has 3 aromatic heterocycles. The number of amides is 2. The molecule has 7 nitrogen and oxygen atoms in total. The average molecular weight is 369 g/mol. The Morgan fingerprint density at radius 2 is 1.96 bits per heavy atom. The smallest absolute Gasteiger partial charge is 0.271 e. The molecule has 3 rings (SSSR count). The number of H-pyrrole nitrogens is 1. The minimum Gasteiger partial charge on any atom is -0.352 e. The molecule has 0 bridgehead atoms. The van der Waals surface area contributed by atoms with Crippen LogP contribution in [0.25, 0.3) is 10.6 Å². The number of carbonyl (C=O) groups excluding carboxylic acids is 2. The highest BCUT2D eigenvalue weighted by atomic mass is 32.1. The number of aryl methyl sites for hydroxylation is 1. The number of aromatic amines is 1. The number of aromatic nitrogens is 3. The Kier molecular flexibility index (Phi) is 5.75. The first-order valence-electron chi connectivity index (χ1n) is 8.22. The van der Waals surface area contributed by atoms with E-state index in [0.717, 1.165) is 16.3 Å². The maximum Gasteiger partial charge on any atom is 0.271 e. The van der Waals surface area contributed by atoms with E-state index in [-0.39, 0.29) is 11.8 Å². The molecule has 0 atom stereocenters. The van der Waals surface area contributed by atoms with E-state index in [1.165, 1.54) is 0 Å². The Hall–Kier alpha value is -3.00. The van der Waals surface area contributed by atoms with Crippen LogP contribution in [0.5, 0.6) is 0 Å². The lowest BCUT2D eigenvalue weighted by molar-refractivity contribution is 0.0948. The van der Waals surface area contributed by atoms with Gasteiger partial charge in [0.1, 0.15) is 0 Å². The van der Waals surface area contributed by atoms with Gasteiger partial charge < -0.3 is 10.6 Å². The quantitative estimate of drug-likeness (QED) is 0.557. The normalized spacial score (nSPS) is 10.5. The zero-order valence-corrected chi connectivity index (χ0v) is 15.1. The van der Waals surface area contributed by atoms with Crippen molar-refractivity contribution in [1.82, 2.24) is 25.8 Å². The van der Waals surface area contributed by atoms with Crippen molar-refractivity contribution in [2.45, 2.75) is 13.3 Å². The third kappa shape index (κ3) is 4.54. The summed E-state index contributed by atoms with van der Waals surface area (Å²) in [4.78, 5) is 29.2. The first-order valence-corrected chi connectivity index (χ1v) is 9.10. The molecule has 3 N–H and O–H groups in total. The fraction of sp³-hybridized carbons (Fsp3) is 0.222. The lowest BCUT2D eigenvalue weighted by Gasteiger charge is -2.06. The van der Waals surface area contributed by atoms with Crippen LogP contribution in [0.3, 0.4) is 0 Å². The average Bonchev–Trinajstić information content (AvgIpc) is 3.32. The van der Waals surface area contributed by atoms with Crippen molar-refractivity contribution in [3.05, 3.63) is 58.9 Å². The number of hydrogen-bond donors (Lipinski definition) is 3. The van der Waals surface area contributed by atoms with Crippen molar-refractivity contribution in [2.24, 2.45) is 0 Å². The fourth-order valence-corrected chi connectivity index (χ4v) is 3.06. The maximum atomic E-state index is 12.1. The van der Waals surface area contributed by atoms with E-state index in [4.69, 9.17) is 0 Å². The first kappa shape index (κ1) is 17.8. The highest BCUT2D eigenvalue weighted by Gasteiger charge is 2.11. The second-order valence-electron chi connectivity index (χ2n) is 5.70. The van der Waals surface area contributed by atoms with E-state index in [2.05, 4.69) is 25.8 Å². The Bertz CT molecular complexity index is 889. The number of rotatable bonds is 7. The van der Waals surface area contributed by atoms with Crippen molar-refractivity contribution < 1.29 is 9.59 Å². The molecule has 3 aromatic rings. The third-order valence-corrected chi connectivity index (χ3v) is 4.58. The van der Waals surface area contributed by atoms with Gasteiger partial charge in [-0.2, -0.15) is 5.10 Å². The van der Waals surface area contributed by atoms with Gasteiger partial charge in [-0.3, -0.25) is 19.7 Å². The molecule has 8 heteroatoms. The molecule has 0 aromatic carbocycles. The van der Waals surface area contributed by atoms with Gasteiger partial charge in [0.25, 0.3) is 11.8 Å². The molecule has 0 aliphatic rings. The Labute approximate surface area is 154 Å². The number of nitrogens with zero attached hydrogens (tertiary/aromatic N) is 2. The summed E-state index contributed by atoms with van der Waals surface area (Å²) in [5.74, 6) is -0.380. The topological polar surface area (TPSA) is 99.8 Å². The van der Waals surface area contributed by atoms with Gasteiger partial charge in [-0.25, -0.2) is 0 Å². The van der Waals surface area contributed by atoms with Crippen molar-refractivity contribution in [3.8, 4) is 10.6 Å². The summed E-state index contributed by atoms with van der Waals surface area (Å²) in [5, 5.41) is 14.5. The van der Waals surface area contributed by atoms with Crippen LogP contribution in [0.15, 0.2) is 41.9 Å². The molecule has 0 spiro atoms. The van der Waals surface area contributed by atoms with Crippen molar-refractivity contribution in [1.29, 1.82) is 0 Å². The maximum absolute atomic E-state index is 12.1. The van der Waals surface area contributed by atoms with Crippen molar-refractivity contribution in [3.63, 3.8) is 0 Å². The first-order chi connectivity index (χ1) is 12.6. The molecule has 0 fully saturated rings. The molecule has 2 amide bonds. The minimum absolute atomic E-state index is 0.144. The number of pyridine rings is 1. The van der Waals surface area contributed by atoms with E-state index >= 15 is 0 Å². The Morgan fingerprint density at radius 1 is 1.15 bits per heavy atom. The summed E-state index contributed by atoms with van der Waals surface area (Å²) < 4.78 is 0. The van der Waals surface area contributed by atoms with Crippen LogP contribution in [0.1, 0.15) is 33.0 Å². The van der Waals surface area contributed by atoms with Crippen LogP contribution in [0.2, 0.25) is 0 Å². The largest absolute Gasteiger partial charge is 0.352 e. The van der Waals surface area contributed by atoms with Crippen LogP contribution < -0.4 is 10.6 Å². The third-order valence-electron chi connectivity index (χ3n) is 3.68. The molecule has 3 heterocycles.